The van der Waals surface area contributed by atoms with Gasteiger partial charge in [-0.3, -0.25) is 4.79 Å². The zero-order valence-corrected chi connectivity index (χ0v) is 14.0. The lowest BCUT2D eigenvalue weighted by Gasteiger charge is -2.35. The molecule has 0 aromatic carbocycles. The number of aryl methyl sites for hydroxylation is 1. The topological polar surface area (TPSA) is 93.5 Å². The van der Waals surface area contributed by atoms with E-state index < -0.39 is 28.1 Å². The van der Waals surface area contributed by atoms with Crippen LogP contribution in [0, 0.1) is 0 Å². The molecule has 1 fully saturated rings. The number of halogens is 1. The molecule has 1 saturated heterocycles. The molecule has 0 aliphatic carbocycles. The second-order valence-electron chi connectivity index (χ2n) is 5.53. The predicted octanol–water partition coefficient (Wildman–Crippen LogP) is -0.324. The van der Waals surface area contributed by atoms with E-state index in [1.165, 1.54) is 24.2 Å². The van der Waals surface area contributed by atoms with Crippen LogP contribution in [0.2, 0.25) is 0 Å². The minimum absolute atomic E-state index is 0.0138. The van der Waals surface area contributed by atoms with Crippen LogP contribution >= 0.6 is 0 Å². The molecule has 0 spiro atoms. The first-order chi connectivity index (χ1) is 10.8. The van der Waals surface area contributed by atoms with E-state index in [1.54, 1.807) is 7.05 Å². The Morgan fingerprint density at radius 3 is 2.91 bits per heavy atom. The fourth-order valence-electron chi connectivity index (χ4n) is 2.44. The summed E-state index contributed by atoms with van der Waals surface area (Å²) in [7, 11) is -0.799. The Bertz CT molecular complexity index is 663. The van der Waals surface area contributed by atoms with Crippen LogP contribution in [0.1, 0.15) is 12.8 Å². The number of piperidine rings is 1. The lowest BCUT2D eigenvalue weighted by Crippen LogP contribution is -2.55. The maximum atomic E-state index is 14.9. The number of rotatable bonds is 6. The Morgan fingerprint density at radius 1 is 1.57 bits per heavy atom. The van der Waals surface area contributed by atoms with Gasteiger partial charge in [-0.1, -0.05) is 0 Å². The number of alkyl halides is 1. The van der Waals surface area contributed by atoms with Gasteiger partial charge in [0.1, 0.15) is 0 Å². The molecule has 2 heterocycles. The molecule has 1 N–H and O–H groups in total. The number of nitrogens with zero attached hydrogens (tertiary/aromatic N) is 3. The molecule has 1 unspecified atom stereocenters. The summed E-state index contributed by atoms with van der Waals surface area (Å²) in [4.78, 5) is 15.8. The number of hydrogen-bond acceptors (Lipinski definition) is 5. The highest BCUT2D eigenvalue weighted by molar-refractivity contribution is 7.89. The van der Waals surface area contributed by atoms with Gasteiger partial charge in [0.2, 0.25) is 5.67 Å². The number of amides is 1. The second-order valence-corrected chi connectivity index (χ2v) is 7.42. The molecule has 0 radical (unpaired) electrons. The van der Waals surface area contributed by atoms with Crippen molar-refractivity contribution in [3.05, 3.63) is 12.5 Å². The van der Waals surface area contributed by atoms with Gasteiger partial charge in [-0.15, -0.1) is 0 Å². The normalized spacial score (nSPS) is 22.9. The van der Waals surface area contributed by atoms with E-state index in [1.807, 2.05) is 0 Å². The summed E-state index contributed by atoms with van der Waals surface area (Å²) in [6.07, 6.45) is 2.96. The smallest absolute Gasteiger partial charge is 0.262 e. The van der Waals surface area contributed by atoms with Gasteiger partial charge >= 0.3 is 0 Å². The molecule has 1 aliphatic heterocycles. The van der Waals surface area contributed by atoms with Crippen LogP contribution in [0.3, 0.4) is 0 Å². The van der Waals surface area contributed by atoms with Crippen molar-refractivity contribution in [2.75, 3.05) is 33.4 Å². The lowest BCUT2D eigenvalue weighted by atomic mass is 9.95. The molecule has 23 heavy (non-hydrogen) atoms. The number of carbonyl (C=O) groups excluding carboxylic acids is 1. The van der Waals surface area contributed by atoms with Gasteiger partial charge in [0.25, 0.3) is 15.9 Å². The first-order valence-electron chi connectivity index (χ1n) is 7.24. The van der Waals surface area contributed by atoms with Gasteiger partial charge in [-0.25, -0.2) is 17.8 Å². The zero-order valence-electron chi connectivity index (χ0n) is 13.2. The molecule has 0 saturated carbocycles. The minimum atomic E-state index is -3.91. The van der Waals surface area contributed by atoms with E-state index in [-0.39, 0.29) is 37.6 Å². The van der Waals surface area contributed by atoms with Gasteiger partial charge in [-0.05, 0) is 12.8 Å². The summed E-state index contributed by atoms with van der Waals surface area (Å²) >= 11 is 0. The van der Waals surface area contributed by atoms with Crippen LogP contribution in [-0.4, -0.2) is 67.2 Å². The summed E-state index contributed by atoms with van der Waals surface area (Å²) in [5.41, 5.74) is -2.24. The maximum Gasteiger partial charge on any atom is 0.262 e. The van der Waals surface area contributed by atoms with Crippen LogP contribution in [-0.2, 0) is 26.6 Å². The summed E-state index contributed by atoms with van der Waals surface area (Å²) in [5, 5.41) is 2.28. The second kappa shape index (κ2) is 6.93. The average molecular weight is 348 g/mol. The molecule has 0 bridgehead atoms. The van der Waals surface area contributed by atoms with Crippen LogP contribution in [0.5, 0.6) is 0 Å². The third-order valence-electron chi connectivity index (χ3n) is 3.69. The van der Waals surface area contributed by atoms with Crippen molar-refractivity contribution in [3.8, 4) is 0 Å². The van der Waals surface area contributed by atoms with Crippen LogP contribution < -0.4 is 5.32 Å². The number of hydrogen-bond donors (Lipinski definition) is 1. The number of ether oxygens (including phenoxy) is 1. The first-order valence-corrected chi connectivity index (χ1v) is 8.68. The summed E-state index contributed by atoms with van der Waals surface area (Å²) in [5.74, 6) is -0.810. The van der Waals surface area contributed by atoms with Gasteiger partial charge < -0.3 is 14.6 Å². The Labute approximate surface area is 134 Å². The highest BCUT2D eigenvalue weighted by atomic mass is 32.2. The van der Waals surface area contributed by atoms with Crippen molar-refractivity contribution in [3.63, 3.8) is 0 Å². The number of imidazole rings is 1. The average Bonchev–Trinajstić information content (AvgIpc) is 2.95. The number of methoxy groups -OCH3 is 1. The molecular weight excluding hydrogens is 327 g/mol. The van der Waals surface area contributed by atoms with Crippen molar-refractivity contribution >= 4 is 15.9 Å². The monoisotopic (exact) mass is 348 g/mol. The molecule has 8 nitrogen and oxygen atoms in total. The van der Waals surface area contributed by atoms with Crippen molar-refractivity contribution in [2.45, 2.75) is 23.5 Å². The van der Waals surface area contributed by atoms with E-state index in [4.69, 9.17) is 4.74 Å². The molecule has 1 aromatic rings. The van der Waals surface area contributed by atoms with Crippen LogP contribution in [0.25, 0.3) is 0 Å². The molecular formula is C13H21FN4O4S. The Balaban J connectivity index is 2.12. The molecule has 1 aromatic heterocycles. The number of sulfonamides is 1. The molecule has 1 aliphatic rings. The highest BCUT2D eigenvalue weighted by Gasteiger charge is 2.46. The SMILES string of the molecule is COCCNC(=O)C1(F)CCCN(S(=O)(=O)c2cn(C)cn2)C1. The molecule has 10 heteroatoms. The summed E-state index contributed by atoms with van der Waals surface area (Å²) < 4.78 is 47.2. The number of aromatic nitrogens is 2. The fourth-order valence-corrected chi connectivity index (χ4v) is 3.93. The minimum Gasteiger partial charge on any atom is -0.383 e. The Kier molecular flexibility index (Phi) is 5.37. The molecule has 2 rings (SSSR count). The van der Waals surface area contributed by atoms with Crippen molar-refractivity contribution in [2.24, 2.45) is 7.05 Å². The van der Waals surface area contributed by atoms with Gasteiger partial charge in [-0.2, -0.15) is 4.31 Å². The molecule has 1 atom stereocenters. The van der Waals surface area contributed by atoms with E-state index in [2.05, 4.69) is 10.3 Å². The molecule has 1 amide bonds. The first kappa shape index (κ1) is 17.8. The Hall–Kier alpha value is -1.52. The fraction of sp³-hybridized carbons (Fsp3) is 0.692. The van der Waals surface area contributed by atoms with Crippen LogP contribution in [0.4, 0.5) is 4.39 Å². The quantitative estimate of drug-likeness (QED) is 0.711. The van der Waals surface area contributed by atoms with Crippen molar-refractivity contribution in [1.29, 1.82) is 0 Å². The van der Waals surface area contributed by atoms with Crippen molar-refractivity contribution < 1.29 is 22.3 Å². The third-order valence-corrected chi connectivity index (χ3v) is 5.42. The summed E-state index contributed by atoms with van der Waals surface area (Å²) in [6.45, 7) is 0.0897. The zero-order chi connectivity index (χ0) is 17.1. The van der Waals surface area contributed by atoms with Crippen molar-refractivity contribution in [1.82, 2.24) is 19.2 Å². The largest absolute Gasteiger partial charge is 0.383 e. The number of nitrogens with one attached hydrogen (secondary N) is 1. The van der Waals surface area contributed by atoms with E-state index in [9.17, 15) is 17.6 Å². The predicted molar refractivity (Wildman–Crippen MR) is 79.9 cm³/mol. The van der Waals surface area contributed by atoms with Gasteiger partial charge in [0.15, 0.2) is 5.03 Å². The standard InChI is InChI=1S/C13H21FN4O4S/c1-17-8-11(16-10-17)23(20,21)18-6-3-4-13(14,9-18)12(19)15-5-7-22-2/h8,10H,3-7,9H2,1-2H3,(H,15,19). The van der Waals surface area contributed by atoms with Gasteiger partial charge in [0, 0.05) is 33.4 Å². The van der Waals surface area contributed by atoms with E-state index in [0.29, 0.717) is 0 Å². The van der Waals surface area contributed by atoms with Crippen LogP contribution in [0.15, 0.2) is 17.6 Å². The van der Waals surface area contributed by atoms with Gasteiger partial charge in [0.05, 0.1) is 19.5 Å². The summed E-state index contributed by atoms with van der Waals surface area (Å²) in [6, 6.07) is 0. The van der Waals surface area contributed by atoms with E-state index in [0.717, 1.165) is 4.31 Å². The highest BCUT2D eigenvalue weighted by Crippen LogP contribution is 2.29. The third kappa shape index (κ3) is 3.88. The molecule has 130 valence electrons. The van der Waals surface area contributed by atoms with E-state index >= 15 is 0 Å². The Morgan fingerprint density at radius 2 is 2.30 bits per heavy atom. The number of carbonyl (C=O) groups is 1. The lowest BCUT2D eigenvalue weighted by molar-refractivity contribution is -0.135. The maximum absolute atomic E-state index is 14.9.